The van der Waals surface area contributed by atoms with Gasteiger partial charge in [0.1, 0.15) is 11.8 Å². The van der Waals surface area contributed by atoms with Crippen molar-refractivity contribution in [1.82, 2.24) is 0 Å². The standard InChI is InChI=1S/C19H28NO4/c1-19(2,3)15(21)10-13-16-12(7-8-20(13,4)5)9-14-17(18(16)22-6)24-11-23-14/h9,13H,7-8,10-11H2,1-6H3/q+1/t13-/m0/s1. The fraction of sp³-hybridized carbons (Fsp3) is 0.632. The molecule has 2 aliphatic heterocycles. The first-order chi connectivity index (χ1) is 11.1. The molecule has 0 saturated carbocycles. The van der Waals surface area contributed by atoms with E-state index < -0.39 is 0 Å². The molecule has 0 saturated heterocycles. The van der Waals surface area contributed by atoms with Crippen LogP contribution in [-0.2, 0) is 11.2 Å². The van der Waals surface area contributed by atoms with Crippen LogP contribution in [0.4, 0.5) is 0 Å². The number of fused-ring (bicyclic) bond motifs is 2. The quantitative estimate of drug-likeness (QED) is 0.797. The predicted molar refractivity (Wildman–Crippen MR) is 91.6 cm³/mol. The van der Waals surface area contributed by atoms with Gasteiger partial charge in [-0.05, 0) is 11.6 Å². The second kappa shape index (κ2) is 5.66. The SMILES string of the molecule is COc1c2c(cc3c1[C@H](CC(=O)C(C)(C)C)[N+](C)(C)CC3)OCO2. The molecule has 0 fully saturated rings. The third-order valence-corrected chi connectivity index (χ3v) is 5.30. The highest BCUT2D eigenvalue weighted by Crippen LogP contribution is 2.51. The summed E-state index contributed by atoms with van der Waals surface area (Å²) >= 11 is 0. The van der Waals surface area contributed by atoms with Crippen molar-refractivity contribution in [2.45, 2.75) is 39.7 Å². The van der Waals surface area contributed by atoms with Crippen molar-refractivity contribution in [2.24, 2.45) is 5.41 Å². The van der Waals surface area contributed by atoms with Crippen molar-refractivity contribution in [1.29, 1.82) is 0 Å². The van der Waals surface area contributed by atoms with E-state index in [0.29, 0.717) is 12.2 Å². The maximum absolute atomic E-state index is 12.8. The first-order valence-electron chi connectivity index (χ1n) is 8.50. The van der Waals surface area contributed by atoms with Gasteiger partial charge in [0.25, 0.3) is 0 Å². The molecule has 1 aromatic carbocycles. The molecule has 0 radical (unpaired) electrons. The number of carbonyl (C=O) groups excluding carboxylic acids is 1. The molecule has 3 rings (SSSR count). The zero-order valence-electron chi connectivity index (χ0n) is 15.6. The molecular formula is C19H28NO4+. The van der Waals surface area contributed by atoms with Gasteiger partial charge in [-0.3, -0.25) is 4.79 Å². The largest absolute Gasteiger partial charge is 0.492 e. The predicted octanol–water partition coefficient (Wildman–Crippen LogP) is 3.10. The molecule has 2 aliphatic rings. The Balaban J connectivity index is 2.11. The Kier molecular flexibility index (Phi) is 4.03. The van der Waals surface area contributed by atoms with E-state index in [-0.39, 0.29) is 24.0 Å². The van der Waals surface area contributed by atoms with Crippen LogP contribution in [0.15, 0.2) is 6.07 Å². The third-order valence-electron chi connectivity index (χ3n) is 5.30. The summed E-state index contributed by atoms with van der Waals surface area (Å²) in [4.78, 5) is 12.8. The molecule has 0 N–H and O–H groups in total. The summed E-state index contributed by atoms with van der Waals surface area (Å²) in [5.74, 6) is 2.42. The maximum atomic E-state index is 12.8. The van der Waals surface area contributed by atoms with Gasteiger partial charge >= 0.3 is 0 Å². The van der Waals surface area contributed by atoms with Crippen LogP contribution in [0.5, 0.6) is 17.2 Å². The van der Waals surface area contributed by atoms with Crippen molar-refractivity contribution in [2.75, 3.05) is 34.5 Å². The van der Waals surface area contributed by atoms with Crippen molar-refractivity contribution < 1.29 is 23.5 Å². The van der Waals surface area contributed by atoms with E-state index >= 15 is 0 Å². The Morgan fingerprint density at radius 2 is 2.04 bits per heavy atom. The van der Waals surface area contributed by atoms with Gasteiger partial charge in [-0.2, -0.15) is 0 Å². The smallest absolute Gasteiger partial charge is 0.231 e. The topological polar surface area (TPSA) is 44.8 Å². The summed E-state index contributed by atoms with van der Waals surface area (Å²) in [5.41, 5.74) is 1.97. The number of nitrogens with zero attached hydrogens (tertiary/aromatic N) is 1. The number of Topliss-reactive ketones (excluding diaryl/α,β-unsaturated/α-hetero) is 1. The van der Waals surface area contributed by atoms with Crippen molar-refractivity contribution in [3.05, 3.63) is 17.2 Å². The van der Waals surface area contributed by atoms with Gasteiger partial charge in [-0.25, -0.2) is 0 Å². The zero-order valence-corrected chi connectivity index (χ0v) is 15.6. The van der Waals surface area contributed by atoms with E-state index in [1.807, 2.05) is 20.8 Å². The molecule has 0 amide bonds. The molecule has 24 heavy (non-hydrogen) atoms. The summed E-state index contributed by atoms with van der Waals surface area (Å²) in [6.07, 6.45) is 1.44. The number of rotatable bonds is 3. The van der Waals surface area contributed by atoms with Crippen LogP contribution in [0.3, 0.4) is 0 Å². The average molecular weight is 334 g/mol. The Bertz CT molecular complexity index is 673. The fourth-order valence-electron chi connectivity index (χ4n) is 3.60. The second-order valence-corrected chi connectivity index (χ2v) is 8.36. The minimum Gasteiger partial charge on any atom is -0.492 e. The average Bonchev–Trinajstić information content (AvgIpc) is 2.95. The highest BCUT2D eigenvalue weighted by Gasteiger charge is 2.43. The third kappa shape index (κ3) is 2.75. The summed E-state index contributed by atoms with van der Waals surface area (Å²) in [5, 5.41) is 0. The van der Waals surface area contributed by atoms with Gasteiger partial charge in [-0.1, -0.05) is 20.8 Å². The van der Waals surface area contributed by atoms with E-state index in [1.165, 1.54) is 5.56 Å². The Morgan fingerprint density at radius 1 is 1.33 bits per heavy atom. The second-order valence-electron chi connectivity index (χ2n) is 8.36. The normalized spacial score (nSPS) is 21.3. The number of likely N-dealkylation sites (N-methyl/N-ethyl adjacent to an activating group) is 1. The summed E-state index contributed by atoms with van der Waals surface area (Å²) in [7, 11) is 6.04. The van der Waals surface area contributed by atoms with Gasteiger partial charge in [0, 0.05) is 11.8 Å². The lowest BCUT2D eigenvalue weighted by atomic mass is 9.81. The summed E-state index contributed by atoms with van der Waals surface area (Å²) < 4.78 is 17.7. The first kappa shape index (κ1) is 17.1. The summed E-state index contributed by atoms with van der Waals surface area (Å²) in [6, 6.07) is 2.12. The highest BCUT2D eigenvalue weighted by molar-refractivity contribution is 5.84. The van der Waals surface area contributed by atoms with Crippen LogP contribution in [0.2, 0.25) is 0 Å². The van der Waals surface area contributed by atoms with Gasteiger partial charge in [0.2, 0.25) is 12.5 Å². The maximum Gasteiger partial charge on any atom is 0.231 e. The first-order valence-corrected chi connectivity index (χ1v) is 8.50. The van der Waals surface area contributed by atoms with E-state index in [2.05, 4.69) is 20.2 Å². The molecule has 0 aliphatic carbocycles. The molecule has 0 bridgehead atoms. The van der Waals surface area contributed by atoms with E-state index in [0.717, 1.165) is 34.5 Å². The number of hydrogen-bond donors (Lipinski definition) is 0. The Labute approximate surface area is 144 Å². The number of hydrogen-bond acceptors (Lipinski definition) is 4. The molecule has 132 valence electrons. The molecule has 1 atom stereocenters. The van der Waals surface area contributed by atoms with Crippen LogP contribution in [0, 0.1) is 5.41 Å². The molecule has 5 heteroatoms. The molecule has 0 aromatic heterocycles. The number of benzene rings is 1. The highest BCUT2D eigenvalue weighted by atomic mass is 16.7. The van der Waals surface area contributed by atoms with Gasteiger partial charge in [0.05, 0.1) is 39.7 Å². The fourth-order valence-corrected chi connectivity index (χ4v) is 3.60. The number of ether oxygens (including phenoxy) is 3. The van der Waals surface area contributed by atoms with Crippen molar-refractivity contribution >= 4 is 5.78 Å². The molecule has 2 heterocycles. The molecule has 0 spiro atoms. The van der Waals surface area contributed by atoms with E-state index in [1.54, 1.807) is 7.11 Å². The number of carbonyl (C=O) groups is 1. The summed E-state index contributed by atoms with van der Waals surface area (Å²) in [6.45, 7) is 7.15. The lowest BCUT2D eigenvalue weighted by Gasteiger charge is -2.43. The molecule has 5 nitrogen and oxygen atoms in total. The van der Waals surface area contributed by atoms with Crippen molar-refractivity contribution in [3.8, 4) is 17.2 Å². The molecule has 1 aromatic rings. The lowest BCUT2D eigenvalue weighted by molar-refractivity contribution is -0.922. The van der Waals surface area contributed by atoms with Gasteiger partial charge < -0.3 is 18.7 Å². The Hall–Kier alpha value is -1.75. The van der Waals surface area contributed by atoms with Gasteiger partial charge in [0.15, 0.2) is 11.5 Å². The van der Waals surface area contributed by atoms with Crippen LogP contribution < -0.4 is 14.2 Å². The Morgan fingerprint density at radius 3 is 2.67 bits per heavy atom. The van der Waals surface area contributed by atoms with E-state index in [4.69, 9.17) is 14.2 Å². The number of methoxy groups -OCH3 is 1. The van der Waals surface area contributed by atoms with Crippen LogP contribution in [0.25, 0.3) is 0 Å². The van der Waals surface area contributed by atoms with Crippen LogP contribution in [0.1, 0.15) is 44.4 Å². The monoisotopic (exact) mass is 334 g/mol. The van der Waals surface area contributed by atoms with Gasteiger partial charge in [-0.15, -0.1) is 0 Å². The zero-order chi connectivity index (χ0) is 17.7. The minimum atomic E-state index is -0.346. The molecular weight excluding hydrogens is 306 g/mol. The minimum absolute atomic E-state index is 0.0601. The van der Waals surface area contributed by atoms with E-state index in [9.17, 15) is 4.79 Å². The molecule has 0 unspecified atom stereocenters. The number of ketones is 1. The van der Waals surface area contributed by atoms with Crippen LogP contribution in [-0.4, -0.2) is 44.8 Å². The van der Waals surface area contributed by atoms with Crippen LogP contribution >= 0.6 is 0 Å². The lowest BCUT2D eigenvalue weighted by Crippen LogP contribution is -2.49. The number of quaternary nitrogens is 1. The van der Waals surface area contributed by atoms with Crippen molar-refractivity contribution in [3.63, 3.8) is 0 Å².